The summed E-state index contributed by atoms with van der Waals surface area (Å²) in [5.41, 5.74) is 1.58. The molecular formula is C15H18N2O2. The third-order valence-corrected chi connectivity index (χ3v) is 3.55. The van der Waals surface area contributed by atoms with Gasteiger partial charge in [-0.25, -0.2) is 0 Å². The minimum Gasteiger partial charge on any atom is -0.496 e. The van der Waals surface area contributed by atoms with Crippen molar-refractivity contribution < 1.29 is 9.53 Å². The monoisotopic (exact) mass is 258 g/mol. The van der Waals surface area contributed by atoms with Gasteiger partial charge >= 0.3 is 0 Å². The minimum atomic E-state index is -0.121. The Morgan fingerprint density at radius 2 is 2.26 bits per heavy atom. The Morgan fingerprint density at radius 1 is 1.47 bits per heavy atom. The Kier molecular flexibility index (Phi) is 4.06. The lowest BCUT2D eigenvalue weighted by Gasteiger charge is -2.14. The number of benzene rings is 1. The molecule has 0 radical (unpaired) electrons. The number of hydrogen-bond acceptors (Lipinski definition) is 3. The molecule has 1 aliphatic carbocycles. The van der Waals surface area contributed by atoms with Gasteiger partial charge in [0.25, 0.3) is 5.91 Å². The van der Waals surface area contributed by atoms with Crippen molar-refractivity contribution >= 4 is 5.91 Å². The Bertz CT molecular complexity index is 519. The van der Waals surface area contributed by atoms with Crippen LogP contribution in [0.25, 0.3) is 0 Å². The average Bonchev–Trinajstić information content (AvgIpc) is 2.86. The predicted octanol–water partition coefficient (Wildman–Crippen LogP) is 2.43. The van der Waals surface area contributed by atoms with Gasteiger partial charge in [0.05, 0.1) is 18.7 Å². The Morgan fingerprint density at radius 3 is 2.89 bits per heavy atom. The van der Waals surface area contributed by atoms with Gasteiger partial charge < -0.3 is 10.1 Å². The second-order valence-corrected chi connectivity index (χ2v) is 5.01. The van der Waals surface area contributed by atoms with E-state index < -0.39 is 0 Å². The summed E-state index contributed by atoms with van der Waals surface area (Å²) in [6.07, 6.45) is 2.49. The van der Waals surface area contributed by atoms with Gasteiger partial charge in [0, 0.05) is 12.0 Å². The third-order valence-electron chi connectivity index (χ3n) is 3.55. The van der Waals surface area contributed by atoms with Crippen LogP contribution in [0.3, 0.4) is 0 Å². The lowest BCUT2D eigenvalue weighted by atomic mass is 10.1. The summed E-state index contributed by atoms with van der Waals surface area (Å²) in [7, 11) is 1.56. The molecule has 0 aromatic heterocycles. The zero-order valence-electron chi connectivity index (χ0n) is 11.3. The molecule has 4 heteroatoms. The Labute approximate surface area is 113 Å². The summed E-state index contributed by atoms with van der Waals surface area (Å²) >= 11 is 0. The number of hydrogen-bond donors (Lipinski definition) is 1. The van der Waals surface area contributed by atoms with E-state index in [0.717, 1.165) is 24.8 Å². The highest BCUT2D eigenvalue weighted by atomic mass is 16.5. The van der Waals surface area contributed by atoms with Crippen molar-refractivity contribution in [3.8, 4) is 11.8 Å². The number of ether oxygens (including phenoxy) is 1. The maximum Gasteiger partial charge on any atom is 0.255 e. The molecule has 1 aromatic carbocycles. The lowest BCUT2D eigenvalue weighted by Crippen LogP contribution is -2.33. The van der Waals surface area contributed by atoms with Crippen molar-refractivity contribution in [1.29, 1.82) is 5.26 Å². The normalized spacial score (nSPS) is 21.7. The molecule has 4 nitrogen and oxygen atoms in total. The predicted molar refractivity (Wildman–Crippen MR) is 71.9 cm³/mol. The van der Waals surface area contributed by atoms with Crippen LogP contribution in [0.5, 0.6) is 5.75 Å². The summed E-state index contributed by atoms with van der Waals surface area (Å²) < 4.78 is 5.22. The molecule has 1 aliphatic rings. The average molecular weight is 258 g/mol. The first kappa shape index (κ1) is 13.4. The van der Waals surface area contributed by atoms with E-state index in [9.17, 15) is 4.79 Å². The number of rotatable bonds is 3. The van der Waals surface area contributed by atoms with Crippen molar-refractivity contribution in [3.05, 3.63) is 29.3 Å². The maximum absolute atomic E-state index is 12.3. The largest absolute Gasteiger partial charge is 0.496 e. The molecule has 2 atom stereocenters. The first-order valence-corrected chi connectivity index (χ1v) is 6.49. The highest BCUT2D eigenvalue weighted by Gasteiger charge is 2.26. The first-order chi connectivity index (χ1) is 9.13. The van der Waals surface area contributed by atoms with Gasteiger partial charge in [-0.05, 0) is 38.3 Å². The fourth-order valence-corrected chi connectivity index (χ4v) is 2.49. The van der Waals surface area contributed by atoms with E-state index in [0.29, 0.717) is 11.3 Å². The van der Waals surface area contributed by atoms with Gasteiger partial charge in [0.1, 0.15) is 5.75 Å². The molecule has 0 spiro atoms. The number of aryl methyl sites for hydroxylation is 1. The highest BCUT2D eigenvalue weighted by molar-refractivity contribution is 5.97. The summed E-state index contributed by atoms with van der Waals surface area (Å²) in [5, 5.41) is 11.9. The van der Waals surface area contributed by atoms with Crippen molar-refractivity contribution in [1.82, 2.24) is 5.32 Å². The number of nitriles is 1. The fourth-order valence-electron chi connectivity index (χ4n) is 2.49. The smallest absolute Gasteiger partial charge is 0.255 e. The van der Waals surface area contributed by atoms with Crippen LogP contribution in [0.15, 0.2) is 18.2 Å². The van der Waals surface area contributed by atoms with Crippen LogP contribution in [0, 0.1) is 24.2 Å². The molecule has 0 aliphatic heterocycles. The quantitative estimate of drug-likeness (QED) is 0.905. The SMILES string of the molecule is COc1ccc(C)cc1C(=O)NC1CCC(C#N)C1. The van der Waals surface area contributed by atoms with E-state index in [1.165, 1.54) is 0 Å². The molecule has 1 amide bonds. The van der Waals surface area contributed by atoms with Crippen LogP contribution in [-0.4, -0.2) is 19.1 Å². The van der Waals surface area contributed by atoms with Crippen molar-refractivity contribution in [3.63, 3.8) is 0 Å². The molecule has 0 saturated heterocycles. The molecule has 1 N–H and O–H groups in total. The van der Waals surface area contributed by atoms with Crippen LogP contribution in [0.4, 0.5) is 0 Å². The molecule has 2 unspecified atom stereocenters. The van der Waals surface area contributed by atoms with Gasteiger partial charge in [0.15, 0.2) is 0 Å². The zero-order chi connectivity index (χ0) is 13.8. The van der Waals surface area contributed by atoms with Gasteiger partial charge in [-0.2, -0.15) is 5.26 Å². The minimum absolute atomic E-state index is 0.0738. The van der Waals surface area contributed by atoms with E-state index in [-0.39, 0.29) is 17.9 Å². The standard InChI is InChI=1S/C15H18N2O2/c1-10-3-6-14(19-2)13(7-10)15(18)17-12-5-4-11(8-12)9-16/h3,6-7,11-12H,4-5,8H2,1-2H3,(H,17,18). The number of nitrogens with zero attached hydrogens (tertiary/aromatic N) is 1. The van der Waals surface area contributed by atoms with E-state index in [2.05, 4.69) is 11.4 Å². The molecule has 1 saturated carbocycles. The van der Waals surface area contributed by atoms with E-state index >= 15 is 0 Å². The molecule has 100 valence electrons. The van der Waals surface area contributed by atoms with Gasteiger partial charge in [-0.15, -0.1) is 0 Å². The summed E-state index contributed by atoms with van der Waals surface area (Å²) in [5.74, 6) is 0.534. The van der Waals surface area contributed by atoms with Crippen molar-refractivity contribution in [2.24, 2.45) is 5.92 Å². The molecule has 1 aromatic rings. The molecule has 19 heavy (non-hydrogen) atoms. The first-order valence-electron chi connectivity index (χ1n) is 6.49. The second-order valence-electron chi connectivity index (χ2n) is 5.01. The molecule has 2 rings (SSSR count). The van der Waals surface area contributed by atoms with Gasteiger partial charge in [0.2, 0.25) is 0 Å². The summed E-state index contributed by atoms with van der Waals surface area (Å²) in [4.78, 5) is 12.3. The van der Waals surface area contributed by atoms with Crippen LogP contribution < -0.4 is 10.1 Å². The number of carbonyl (C=O) groups excluding carboxylic acids is 1. The molecule has 0 heterocycles. The molecule has 1 fully saturated rings. The Hall–Kier alpha value is -2.02. The summed E-state index contributed by atoms with van der Waals surface area (Å²) in [6.45, 7) is 1.94. The third kappa shape index (κ3) is 3.05. The number of amides is 1. The van der Waals surface area contributed by atoms with E-state index in [1.54, 1.807) is 13.2 Å². The Balaban J connectivity index is 2.08. The number of methoxy groups -OCH3 is 1. The topological polar surface area (TPSA) is 62.1 Å². The van der Waals surface area contributed by atoms with Crippen LogP contribution in [0.1, 0.15) is 35.2 Å². The maximum atomic E-state index is 12.3. The fraction of sp³-hybridized carbons (Fsp3) is 0.467. The second kappa shape index (κ2) is 5.75. The summed E-state index contributed by atoms with van der Waals surface area (Å²) in [6, 6.07) is 7.90. The molecule has 0 bridgehead atoms. The lowest BCUT2D eigenvalue weighted by molar-refractivity contribution is 0.0934. The van der Waals surface area contributed by atoms with Crippen LogP contribution >= 0.6 is 0 Å². The van der Waals surface area contributed by atoms with Crippen LogP contribution in [0.2, 0.25) is 0 Å². The van der Waals surface area contributed by atoms with Gasteiger partial charge in [-0.3, -0.25) is 4.79 Å². The molecular weight excluding hydrogens is 240 g/mol. The van der Waals surface area contributed by atoms with Crippen molar-refractivity contribution in [2.45, 2.75) is 32.2 Å². The number of carbonyl (C=O) groups is 1. The van der Waals surface area contributed by atoms with Gasteiger partial charge in [-0.1, -0.05) is 11.6 Å². The van der Waals surface area contributed by atoms with E-state index in [1.807, 2.05) is 19.1 Å². The number of nitrogens with one attached hydrogen (secondary N) is 1. The van der Waals surface area contributed by atoms with Crippen LogP contribution in [-0.2, 0) is 0 Å². The van der Waals surface area contributed by atoms with Crippen molar-refractivity contribution in [2.75, 3.05) is 7.11 Å². The van der Waals surface area contributed by atoms with E-state index in [4.69, 9.17) is 10.00 Å². The zero-order valence-corrected chi connectivity index (χ0v) is 11.3. The highest BCUT2D eigenvalue weighted by Crippen LogP contribution is 2.26.